The summed E-state index contributed by atoms with van der Waals surface area (Å²) in [6.07, 6.45) is 3.42. The molecule has 0 radical (unpaired) electrons. The number of methoxy groups -OCH3 is 2. The van der Waals surface area contributed by atoms with Crippen molar-refractivity contribution < 1.29 is 18.7 Å². The summed E-state index contributed by atoms with van der Waals surface area (Å²) in [4.78, 5) is 22.0. The van der Waals surface area contributed by atoms with Gasteiger partial charge in [0.15, 0.2) is 0 Å². The first-order valence-electron chi connectivity index (χ1n) is 11.6. The summed E-state index contributed by atoms with van der Waals surface area (Å²) in [5, 5.41) is 0. The van der Waals surface area contributed by atoms with Crippen LogP contribution in [0, 0.1) is 5.82 Å². The monoisotopic (exact) mass is 464 g/mol. The van der Waals surface area contributed by atoms with Crippen LogP contribution in [0.15, 0.2) is 48.7 Å². The van der Waals surface area contributed by atoms with Crippen LogP contribution in [0.5, 0.6) is 11.5 Å². The van der Waals surface area contributed by atoms with Gasteiger partial charge in [0.2, 0.25) is 0 Å². The minimum absolute atomic E-state index is 0.0403. The minimum Gasteiger partial charge on any atom is -0.496 e. The second kappa shape index (κ2) is 9.37. The van der Waals surface area contributed by atoms with Gasteiger partial charge in [0.25, 0.3) is 5.91 Å². The zero-order valence-corrected chi connectivity index (χ0v) is 19.5. The Labute approximate surface area is 198 Å². The average molecular weight is 465 g/mol. The number of benzene rings is 2. The van der Waals surface area contributed by atoms with Gasteiger partial charge in [-0.1, -0.05) is 12.1 Å². The highest BCUT2D eigenvalue weighted by Gasteiger charge is 2.29. The summed E-state index contributed by atoms with van der Waals surface area (Å²) in [5.74, 6) is 2.24. The van der Waals surface area contributed by atoms with Crippen LogP contribution in [0.3, 0.4) is 0 Å². The number of ether oxygens (including phenoxy) is 2. The Bertz CT molecular complexity index is 1190. The number of halogens is 1. The van der Waals surface area contributed by atoms with Crippen LogP contribution in [-0.4, -0.2) is 60.8 Å². The van der Waals surface area contributed by atoms with Crippen molar-refractivity contribution in [2.45, 2.75) is 25.3 Å². The molecule has 1 saturated heterocycles. The number of carbonyl (C=O) groups excluding carboxylic acids is 1. The summed E-state index contributed by atoms with van der Waals surface area (Å²) >= 11 is 0. The van der Waals surface area contributed by atoms with Gasteiger partial charge < -0.3 is 23.8 Å². The molecular weight excluding hydrogens is 435 g/mol. The maximum Gasteiger partial charge on any atom is 0.274 e. The normalized spacial score (nSPS) is 17.9. The molecule has 178 valence electrons. The summed E-state index contributed by atoms with van der Waals surface area (Å²) in [7, 11) is 3.28. The van der Waals surface area contributed by atoms with Gasteiger partial charge in [0, 0.05) is 56.8 Å². The lowest BCUT2D eigenvalue weighted by molar-refractivity contribution is 0.0741. The van der Waals surface area contributed by atoms with Crippen LogP contribution in [0.1, 0.15) is 34.2 Å². The van der Waals surface area contributed by atoms with Gasteiger partial charge >= 0.3 is 0 Å². The Hall–Kier alpha value is -3.55. The van der Waals surface area contributed by atoms with E-state index in [4.69, 9.17) is 9.47 Å². The predicted molar refractivity (Wildman–Crippen MR) is 127 cm³/mol. The standard InChI is InChI=1S/C26H29FN4O3/c1-33-23-9-8-19(27)15-20(23)18-7-10-25-28-21(17-31(25)16-18)26(32)30-13-11-29(12-14-30)22-5-3-4-6-24(22)34-2/h3-6,8-9,15,17-18H,7,10-14,16H2,1-2H3. The van der Waals surface area contributed by atoms with E-state index in [0.717, 1.165) is 48.8 Å². The zero-order chi connectivity index (χ0) is 23.7. The molecule has 0 spiro atoms. The lowest BCUT2D eigenvalue weighted by atomic mass is 9.91. The molecule has 0 bridgehead atoms. The van der Waals surface area contributed by atoms with Gasteiger partial charge in [-0.2, -0.15) is 0 Å². The van der Waals surface area contributed by atoms with E-state index in [2.05, 4.69) is 9.88 Å². The number of rotatable bonds is 5. The molecule has 2 aromatic carbocycles. The van der Waals surface area contributed by atoms with Crippen LogP contribution >= 0.6 is 0 Å². The third kappa shape index (κ3) is 4.20. The molecule has 2 aliphatic rings. The van der Waals surface area contributed by atoms with E-state index in [0.29, 0.717) is 31.1 Å². The molecule has 1 atom stereocenters. The van der Waals surface area contributed by atoms with Crippen molar-refractivity contribution in [3.8, 4) is 11.5 Å². The smallest absolute Gasteiger partial charge is 0.274 e. The van der Waals surface area contributed by atoms with E-state index in [9.17, 15) is 9.18 Å². The third-order valence-corrected chi connectivity index (χ3v) is 6.84. The second-order valence-electron chi connectivity index (χ2n) is 8.77. The zero-order valence-electron chi connectivity index (χ0n) is 19.5. The summed E-state index contributed by atoms with van der Waals surface area (Å²) < 4.78 is 26.9. The van der Waals surface area contributed by atoms with Gasteiger partial charge in [0.1, 0.15) is 28.8 Å². The maximum atomic E-state index is 13.9. The lowest BCUT2D eigenvalue weighted by Crippen LogP contribution is -2.49. The number of hydrogen-bond acceptors (Lipinski definition) is 5. The van der Waals surface area contributed by atoms with Crippen LogP contribution in [-0.2, 0) is 13.0 Å². The first kappa shape index (κ1) is 22.3. The Morgan fingerprint density at radius 1 is 1.03 bits per heavy atom. The SMILES string of the molecule is COc1ccc(F)cc1C1CCc2nc(C(=O)N3CCN(c4ccccc4OC)CC3)cn2C1. The van der Waals surface area contributed by atoms with Gasteiger partial charge in [-0.05, 0) is 36.8 Å². The largest absolute Gasteiger partial charge is 0.496 e. The van der Waals surface area contributed by atoms with Gasteiger partial charge in [-0.25, -0.2) is 9.37 Å². The molecule has 7 nitrogen and oxygen atoms in total. The number of aromatic nitrogens is 2. The van der Waals surface area contributed by atoms with Crippen molar-refractivity contribution in [2.24, 2.45) is 0 Å². The quantitative estimate of drug-likeness (QED) is 0.576. The molecule has 1 aromatic heterocycles. The van der Waals surface area contributed by atoms with Crippen molar-refractivity contribution >= 4 is 11.6 Å². The highest BCUT2D eigenvalue weighted by Crippen LogP contribution is 2.35. The van der Waals surface area contributed by atoms with Crippen molar-refractivity contribution in [3.63, 3.8) is 0 Å². The molecule has 0 saturated carbocycles. The Balaban J connectivity index is 1.27. The number of imidazole rings is 1. The highest BCUT2D eigenvalue weighted by atomic mass is 19.1. The number of anilines is 1. The molecule has 1 unspecified atom stereocenters. The molecule has 3 aromatic rings. The maximum absolute atomic E-state index is 13.9. The number of para-hydroxylation sites is 2. The third-order valence-electron chi connectivity index (χ3n) is 6.84. The van der Waals surface area contributed by atoms with Crippen molar-refractivity contribution in [1.29, 1.82) is 0 Å². The number of carbonyl (C=O) groups is 1. The number of piperazine rings is 1. The van der Waals surface area contributed by atoms with E-state index in [1.165, 1.54) is 6.07 Å². The number of nitrogens with zero attached hydrogens (tertiary/aromatic N) is 4. The predicted octanol–water partition coefficient (Wildman–Crippen LogP) is 3.73. The summed E-state index contributed by atoms with van der Waals surface area (Å²) in [5.41, 5.74) is 2.39. The molecule has 0 aliphatic carbocycles. The molecule has 8 heteroatoms. The summed E-state index contributed by atoms with van der Waals surface area (Å²) in [6.45, 7) is 3.38. The topological polar surface area (TPSA) is 59.8 Å². The molecule has 34 heavy (non-hydrogen) atoms. The number of amides is 1. The number of fused-ring (bicyclic) bond motifs is 1. The Morgan fingerprint density at radius 3 is 2.56 bits per heavy atom. The highest BCUT2D eigenvalue weighted by molar-refractivity contribution is 5.92. The first-order chi connectivity index (χ1) is 16.6. The molecule has 0 N–H and O–H groups in total. The molecule has 5 rings (SSSR count). The minimum atomic E-state index is -0.268. The number of aryl methyl sites for hydroxylation is 1. The Morgan fingerprint density at radius 2 is 1.79 bits per heavy atom. The van der Waals surface area contributed by atoms with Crippen LogP contribution in [0.2, 0.25) is 0 Å². The fraction of sp³-hybridized carbons (Fsp3) is 0.385. The average Bonchev–Trinajstić information content (AvgIpc) is 3.32. The first-order valence-corrected chi connectivity index (χ1v) is 11.6. The van der Waals surface area contributed by atoms with E-state index >= 15 is 0 Å². The van der Waals surface area contributed by atoms with E-state index in [-0.39, 0.29) is 17.6 Å². The molecular formula is C26H29FN4O3. The van der Waals surface area contributed by atoms with Gasteiger partial charge in [-0.15, -0.1) is 0 Å². The van der Waals surface area contributed by atoms with Gasteiger partial charge in [0.05, 0.1) is 19.9 Å². The lowest BCUT2D eigenvalue weighted by Gasteiger charge is -2.36. The molecule has 1 fully saturated rings. The second-order valence-corrected chi connectivity index (χ2v) is 8.77. The molecule has 3 heterocycles. The molecule has 1 amide bonds. The number of hydrogen-bond donors (Lipinski definition) is 0. The van der Waals surface area contributed by atoms with E-state index in [1.807, 2.05) is 39.9 Å². The van der Waals surface area contributed by atoms with Crippen LogP contribution in [0.25, 0.3) is 0 Å². The van der Waals surface area contributed by atoms with Crippen LogP contribution in [0.4, 0.5) is 10.1 Å². The fourth-order valence-electron chi connectivity index (χ4n) is 5.03. The van der Waals surface area contributed by atoms with Crippen LogP contribution < -0.4 is 14.4 Å². The van der Waals surface area contributed by atoms with E-state index < -0.39 is 0 Å². The van der Waals surface area contributed by atoms with Gasteiger partial charge in [-0.3, -0.25) is 4.79 Å². The van der Waals surface area contributed by atoms with Crippen molar-refractivity contribution in [3.05, 3.63) is 71.6 Å². The fourth-order valence-corrected chi connectivity index (χ4v) is 5.03. The molecule has 2 aliphatic heterocycles. The van der Waals surface area contributed by atoms with Crippen molar-refractivity contribution in [1.82, 2.24) is 14.5 Å². The van der Waals surface area contributed by atoms with E-state index in [1.54, 1.807) is 26.4 Å². The summed E-state index contributed by atoms with van der Waals surface area (Å²) in [6, 6.07) is 12.6. The van der Waals surface area contributed by atoms with Crippen molar-refractivity contribution in [2.75, 3.05) is 45.3 Å². The Kier molecular flexibility index (Phi) is 6.13.